The van der Waals surface area contributed by atoms with Gasteiger partial charge in [0.25, 0.3) is 0 Å². The molecule has 12 aromatic carbocycles. The highest BCUT2D eigenvalue weighted by Crippen LogP contribution is 2.62. The molecule has 0 fully saturated rings. The van der Waals surface area contributed by atoms with Gasteiger partial charge in [0.15, 0.2) is 0 Å². The predicted molar refractivity (Wildman–Crippen MR) is 345 cm³/mol. The van der Waals surface area contributed by atoms with Crippen LogP contribution in [0.1, 0.15) is 11.1 Å². The molecule has 0 amide bonds. The second-order valence-electron chi connectivity index (χ2n) is 23.3. The van der Waals surface area contributed by atoms with Crippen molar-refractivity contribution in [3.8, 4) is 55.6 Å². The van der Waals surface area contributed by atoms with Crippen LogP contribution in [0.4, 0.5) is 34.1 Å². The summed E-state index contributed by atoms with van der Waals surface area (Å²) in [5.74, 6) is 0. The van der Waals surface area contributed by atoms with Crippen LogP contribution in [0.3, 0.4) is 0 Å². The van der Waals surface area contributed by atoms with Crippen LogP contribution < -0.4 is 9.80 Å². The number of anilines is 6. The van der Waals surface area contributed by atoms with Gasteiger partial charge in [-0.05, 0) is 132 Å². The lowest BCUT2D eigenvalue weighted by Crippen LogP contribution is -2.63. The van der Waals surface area contributed by atoms with E-state index >= 15 is 0 Å². The first-order valence-corrected chi connectivity index (χ1v) is 34.8. The van der Waals surface area contributed by atoms with Gasteiger partial charge in [0, 0.05) is 38.2 Å². The zero-order valence-corrected chi connectivity index (χ0v) is 48.0. The summed E-state index contributed by atoms with van der Waals surface area (Å²) in [5, 5.41) is 5.04. The maximum atomic E-state index is 2.67. The molecule has 0 radical (unpaired) electrons. The highest BCUT2D eigenvalue weighted by Gasteiger charge is 2.59. The second kappa shape index (κ2) is 19.9. The van der Waals surface area contributed by atoms with Crippen molar-refractivity contribution in [1.82, 2.24) is 0 Å². The van der Waals surface area contributed by atoms with E-state index in [1.165, 1.54) is 94.0 Å². The van der Waals surface area contributed by atoms with Gasteiger partial charge in [-0.25, -0.2) is 0 Å². The zero-order chi connectivity index (χ0) is 53.9. The van der Waals surface area contributed by atoms with E-state index in [2.05, 4.69) is 328 Å². The van der Waals surface area contributed by atoms with E-state index in [1.54, 1.807) is 0 Å². The molecule has 1 aliphatic carbocycles. The molecule has 0 saturated heterocycles. The molecule has 0 unspecified atom stereocenters. The summed E-state index contributed by atoms with van der Waals surface area (Å²) in [6, 6.07) is 104. The summed E-state index contributed by atoms with van der Waals surface area (Å²) in [7, 11) is -4.42. The van der Waals surface area contributed by atoms with Gasteiger partial charge in [-0.1, -0.05) is 258 Å². The fourth-order valence-electron chi connectivity index (χ4n) is 13.7. The molecule has 1 aliphatic rings. The van der Waals surface area contributed by atoms with Crippen LogP contribution in [0.15, 0.2) is 279 Å². The smallest absolute Gasteiger partial charge is 0.0579 e. The number of hydrogen-bond acceptors (Lipinski definition) is 2. The first kappa shape index (κ1) is 49.7. The zero-order valence-electron chi connectivity index (χ0n) is 46.0. The first-order chi connectivity index (χ1) is 38.5. The Morgan fingerprint density at radius 1 is 0.266 bits per heavy atom. The second-order valence-corrected chi connectivity index (χ2v) is 34.3. The Morgan fingerprint density at radius 3 is 1.19 bits per heavy atom. The quantitative estimate of drug-likeness (QED) is 0.113. The SMILES string of the molecule is C[Si](C)(C)C1([Si](C)(C)C)c2cc3cc(N(c4ccccc4)c4cc(-c5ccccc5)ccc4-c4ccccc4)ccc3cc2-c2c1cc(N(c1ccccc1)c1cc(-c3ccccc3)ccc1-c1ccccc1)c1ccccc21. The van der Waals surface area contributed by atoms with Crippen molar-refractivity contribution in [3.63, 3.8) is 0 Å². The van der Waals surface area contributed by atoms with E-state index in [-0.39, 0.29) is 4.66 Å². The van der Waals surface area contributed by atoms with Gasteiger partial charge in [-0.3, -0.25) is 0 Å². The van der Waals surface area contributed by atoms with Crippen molar-refractivity contribution in [2.24, 2.45) is 0 Å². The summed E-state index contributed by atoms with van der Waals surface area (Å²) >= 11 is 0. The summed E-state index contributed by atoms with van der Waals surface area (Å²) in [6.45, 7) is 15.9. The number of rotatable bonds is 12. The summed E-state index contributed by atoms with van der Waals surface area (Å²) in [6.07, 6.45) is 0. The van der Waals surface area contributed by atoms with Gasteiger partial charge in [0.2, 0.25) is 0 Å². The van der Waals surface area contributed by atoms with E-state index in [0.29, 0.717) is 0 Å². The molecule has 0 aromatic heterocycles. The van der Waals surface area contributed by atoms with Crippen LogP contribution in [0, 0.1) is 0 Å². The lowest BCUT2D eigenvalue weighted by Gasteiger charge is -2.51. The molecule has 12 aromatic rings. The predicted octanol–water partition coefficient (Wildman–Crippen LogP) is 21.6. The average Bonchev–Trinajstić information content (AvgIpc) is 3.02. The molecule has 2 nitrogen and oxygen atoms in total. The molecular weight excluding hydrogens is 985 g/mol. The third kappa shape index (κ3) is 8.55. The van der Waals surface area contributed by atoms with E-state index in [4.69, 9.17) is 0 Å². The van der Waals surface area contributed by atoms with Crippen LogP contribution in [-0.4, -0.2) is 16.1 Å². The Hall–Kier alpha value is -8.81. The van der Waals surface area contributed by atoms with Crippen LogP contribution in [0.25, 0.3) is 77.2 Å². The minimum Gasteiger partial charge on any atom is -0.310 e. The van der Waals surface area contributed by atoms with Crippen LogP contribution in [-0.2, 0) is 4.66 Å². The van der Waals surface area contributed by atoms with Crippen molar-refractivity contribution < 1.29 is 0 Å². The van der Waals surface area contributed by atoms with Gasteiger partial charge in [0.05, 0.1) is 33.2 Å². The Bertz CT molecular complexity index is 4170. The van der Waals surface area contributed by atoms with Gasteiger partial charge in [-0.15, -0.1) is 0 Å². The molecule has 13 rings (SSSR count). The minimum atomic E-state index is -2.21. The van der Waals surface area contributed by atoms with Gasteiger partial charge >= 0.3 is 0 Å². The van der Waals surface area contributed by atoms with E-state index in [1.807, 2.05) is 0 Å². The maximum Gasteiger partial charge on any atom is 0.0579 e. The van der Waals surface area contributed by atoms with Crippen molar-refractivity contribution in [1.29, 1.82) is 0 Å². The molecule has 4 heteroatoms. The Morgan fingerprint density at radius 2 is 0.696 bits per heavy atom. The standard InChI is InChI=1S/C75H64N2Si2/c1-78(2,3)75(79(4,5)6)69-49-60-47-63(76(61-35-21-11-22-36-61)71-50-58(53-27-13-7-14-28-53)42-45-64(71)55-31-17-9-18-32-55)44-41-57(60)48-68(69)74-67-40-26-25-39-66(67)73(52-70(74)75)77(62-37-23-12-24-38-62)72-51-59(54-29-15-8-16-30-54)43-46-65(72)56-33-19-10-20-34-56/h7-52H,1-6H3. The van der Waals surface area contributed by atoms with E-state index in [0.717, 1.165) is 28.4 Å². The molecule has 0 N–H and O–H groups in total. The van der Waals surface area contributed by atoms with Gasteiger partial charge < -0.3 is 9.80 Å². The molecule has 0 heterocycles. The molecule has 0 atom stereocenters. The summed E-state index contributed by atoms with van der Waals surface area (Å²) < 4.78 is -0.173. The highest BCUT2D eigenvalue weighted by molar-refractivity contribution is 6.99. The molecule has 0 aliphatic heterocycles. The van der Waals surface area contributed by atoms with Crippen molar-refractivity contribution in [2.45, 2.75) is 43.9 Å². The lowest BCUT2D eigenvalue weighted by molar-refractivity contribution is 0.954. The molecule has 79 heavy (non-hydrogen) atoms. The first-order valence-electron chi connectivity index (χ1n) is 27.8. The van der Waals surface area contributed by atoms with Crippen LogP contribution >= 0.6 is 0 Å². The fourth-order valence-corrected chi connectivity index (χ4v) is 26.8. The molecule has 0 saturated carbocycles. The lowest BCUT2D eigenvalue weighted by atomic mass is 9.93. The highest BCUT2D eigenvalue weighted by atomic mass is 28.4. The normalized spacial score (nSPS) is 12.8. The maximum absolute atomic E-state index is 2.67. The van der Waals surface area contributed by atoms with Crippen molar-refractivity contribution in [3.05, 3.63) is 290 Å². The van der Waals surface area contributed by atoms with Crippen molar-refractivity contribution >= 4 is 71.8 Å². The molecule has 0 spiro atoms. The monoisotopic (exact) mass is 1050 g/mol. The van der Waals surface area contributed by atoms with Gasteiger partial charge in [-0.2, -0.15) is 0 Å². The fraction of sp³-hybridized carbons (Fsp3) is 0.0933. The average molecular weight is 1050 g/mol. The Kier molecular flexibility index (Phi) is 12.5. The van der Waals surface area contributed by atoms with E-state index < -0.39 is 16.1 Å². The van der Waals surface area contributed by atoms with E-state index in [9.17, 15) is 0 Å². The number of hydrogen-bond donors (Lipinski definition) is 0. The number of nitrogens with zero attached hydrogens (tertiary/aromatic N) is 2. The minimum absolute atomic E-state index is 0.173. The summed E-state index contributed by atoms with van der Waals surface area (Å²) in [4.78, 5) is 5.06. The topological polar surface area (TPSA) is 6.48 Å². The third-order valence-electron chi connectivity index (χ3n) is 16.7. The molecule has 0 bridgehead atoms. The molecular formula is C75H64N2Si2. The number of benzene rings is 12. The van der Waals surface area contributed by atoms with Crippen LogP contribution in [0.2, 0.25) is 39.3 Å². The third-order valence-corrected chi connectivity index (χ3v) is 26.8. The largest absolute Gasteiger partial charge is 0.310 e. The summed E-state index contributed by atoms with van der Waals surface area (Å²) in [5.41, 5.74) is 22.1. The number of fused-ring (bicyclic) bond motifs is 6. The Balaban J connectivity index is 1.07. The number of para-hydroxylation sites is 2. The Labute approximate surface area is 468 Å². The van der Waals surface area contributed by atoms with Gasteiger partial charge in [0.1, 0.15) is 0 Å². The van der Waals surface area contributed by atoms with Crippen molar-refractivity contribution in [2.75, 3.05) is 9.80 Å². The molecule has 382 valence electrons. The van der Waals surface area contributed by atoms with Crippen LogP contribution in [0.5, 0.6) is 0 Å².